The van der Waals surface area contributed by atoms with Crippen LogP contribution in [0, 0.1) is 0 Å². The first-order valence-corrected chi connectivity index (χ1v) is 4.62. The molecule has 0 spiro atoms. The molecule has 2 aromatic rings. The average Bonchev–Trinajstić information content (AvgIpc) is 2.65. The fourth-order valence-corrected chi connectivity index (χ4v) is 1.52. The van der Waals surface area contributed by atoms with Gasteiger partial charge in [-0.05, 0) is 36.2 Å². The summed E-state index contributed by atoms with van der Waals surface area (Å²) in [6.07, 6.45) is 5.13. The van der Waals surface area contributed by atoms with E-state index >= 15 is 0 Å². The van der Waals surface area contributed by atoms with E-state index < -0.39 is 0 Å². The summed E-state index contributed by atoms with van der Waals surface area (Å²) in [5, 5.41) is 7.86. The molecule has 0 radical (unpaired) electrons. The van der Waals surface area contributed by atoms with Crippen LogP contribution < -0.4 is 0 Å². The molecular formula is C9H9ClN4. The molecule has 0 fully saturated rings. The number of aromatic nitrogens is 4. The molecule has 5 heteroatoms. The minimum Gasteiger partial charge on any atom is -0.297 e. The van der Waals surface area contributed by atoms with Gasteiger partial charge in [-0.3, -0.25) is 9.55 Å². The van der Waals surface area contributed by atoms with Crippen LogP contribution in [-0.2, 0) is 0 Å². The van der Waals surface area contributed by atoms with E-state index in [0.717, 1.165) is 5.56 Å². The Morgan fingerprint density at radius 3 is 2.64 bits per heavy atom. The smallest absolute Gasteiger partial charge is 0.225 e. The van der Waals surface area contributed by atoms with E-state index in [2.05, 4.69) is 15.2 Å². The van der Waals surface area contributed by atoms with Crippen molar-refractivity contribution in [3.63, 3.8) is 0 Å². The van der Waals surface area contributed by atoms with Gasteiger partial charge in [0.05, 0.1) is 6.04 Å². The molecule has 14 heavy (non-hydrogen) atoms. The van der Waals surface area contributed by atoms with Crippen molar-refractivity contribution in [1.82, 2.24) is 19.7 Å². The summed E-state index contributed by atoms with van der Waals surface area (Å²) in [5.74, 6) is 0. The molecule has 0 aliphatic rings. The van der Waals surface area contributed by atoms with Gasteiger partial charge in [0.2, 0.25) is 5.28 Å². The van der Waals surface area contributed by atoms with Gasteiger partial charge in [0.25, 0.3) is 0 Å². The molecule has 0 bridgehead atoms. The molecule has 1 atom stereocenters. The first kappa shape index (κ1) is 9.15. The van der Waals surface area contributed by atoms with Crippen molar-refractivity contribution in [2.75, 3.05) is 0 Å². The summed E-state index contributed by atoms with van der Waals surface area (Å²) in [6, 6.07) is 4.02. The highest BCUT2D eigenvalue weighted by atomic mass is 35.5. The zero-order valence-electron chi connectivity index (χ0n) is 7.63. The lowest BCUT2D eigenvalue weighted by atomic mass is 10.1. The first-order valence-electron chi connectivity index (χ1n) is 4.24. The van der Waals surface area contributed by atoms with Crippen molar-refractivity contribution < 1.29 is 0 Å². The van der Waals surface area contributed by atoms with Gasteiger partial charge in [-0.1, -0.05) is 0 Å². The number of rotatable bonds is 2. The lowest BCUT2D eigenvalue weighted by Gasteiger charge is -2.12. The van der Waals surface area contributed by atoms with E-state index in [9.17, 15) is 0 Å². The van der Waals surface area contributed by atoms with Crippen molar-refractivity contribution >= 4 is 11.6 Å². The largest absolute Gasteiger partial charge is 0.297 e. The van der Waals surface area contributed by atoms with Crippen LogP contribution in [0.4, 0.5) is 0 Å². The highest BCUT2D eigenvalue weighted by Gasteiger charge is 2.10. The molecule has 1 unspecified atom stereocenters. The van der Waals surface area contributed by atoms with Gasteiger partial charge in [-0.2, -0.15) is 0 Å². The van der Waals surface area contributed by atoms with E-state index in [0.29, 0.717) is 5.28 Å². The predicted octanol–water partition coefficient (Wildman–Crippen LogP) is 1.94. The topological polar surface area (TPSA) is 43.6 Å². The summed E-state index contributed by atoms with van der Waals surface area (Å²) in [4.78, 5) is 3.96. The van der Waals surface area contributed by atoms with Crippen molar-refractivity contribution in [3.8, 4) is 0 Å². The van der Waals surface area contributed by atoms with Crippen molar-refractivity contribution in [1.29, 1.82) is 0 Å². The Bertz CT molecular complexity index is 412. The van der Waals surface area contributed by atoms with Crippen LogP contribution in [0.25, 0.3) is 0 Å². The number of hydrogen-bond acceptors (Lipinski definition) is 3. The Morgan fingerprint density at radius 2 is 2.07 bits per heavy atom. The molecule has 0 aromatic carbocycles. The first-order chi connectivity index (χ1) is 6.79. The Hall–Kier alpha value is -1.42. The minimum absolute atomic E-state index is 0.125. The third-order valence-corrected chi connectivity index (χ3v) is 2.41. The van der Waals surface area contributed by atoms with Gasteiger partial charge in [0.1, 0.15) is 6.33 Å². The van der Waals surface area contributed by atoms with Crippen LogP contribution in [-0.4, -0.2) is 19.7 Å². The van der Waals surface area contributed by atoms with E-state index in [1.54, 1.807) is 23.3 Å². The van der Waals surface area contributed by atoms with Crippen LogP contribution in [0.2, 0.25) is 5.28 Å². The fourth-order valence-electron chi connectivity index (χ4n) is 1.29. The summed E-state index contributed by atoms with van der Waals surface area (Å²) in [7, 11) is 0. The molecule has 0 aliphatic carbocycles. The van der Waals surface area contributed by atoms with Crippen LogP contribution in [0.5, 0.6) is 0 Å². The summed E-state index contributed by atoms with van der Waals surface area (Å²) in [5.41, 5.74) is 1.13. The fraction of sp³-hybridized carbons (Fsp3) is 0.222. The van der Waals surface area contributed by atoms with Crippen molar-refractivity contribution in [2.24, 2.45) is 0 Å². The SMILES string of the molecule is CC(c1ccncc1)n1cnnc1Cl. The summed E-state index contributed by atoms with van der Waals surface area (Å²) in [6.45, 7) is 2.03. The number of halogens is 1. The Kier molecular flexibility index (Phi) is 2.45. The molecular weight excluding hydrogens is 200 g/mol. The summed E-state index contributed by atoms with van der Waals surface area (Å²) >= 11 is 5.86. The molecule has 2 heterocycles. The van der Waals surface area contributed by atoms with Crippen LogP contribution in [0.3, 0.4) is 0 Å². The second-order valence-electron chi connectivity index (χ2n) is 2.96. The van der Waals surface area contributed by atoms with Gasteiger partial charge in [0.15, 0.2) is 0 Å². The second-order valence-corrected chi connectivity index (χ2v) is 3.30. The molecule has 2 rings (SSSR count). The quantitative estimate of drug-likeness (QED) is 0.758. The third kappa shape index (κ3) is 1.61. The number of hydrogen-bond donors (Lipinski definition) is 0. The maximum Gasteiger partial charge on any atom is 0.225 e. The molecule has 0 aliphatic heterocycles. The van der Waals surface area contributed by atoms with Gasteiger partial charge in [-0.15, -0.1) is 10.2 Å². The maximum absolute atomic E-state index is 5.86. The standard InChI is InChI=1S/C9H9ClN4/c1-7(8-2-4-11-5-3-8)14-6-12-13-9(14)10/h2-7H,1H3. The highest BCUT2D eigenvalue weighted by Crippen LogP contribution is 2.19. The van der Waals surface area contributed by atoms with E-state index in [-0.39, 0.29) is 6.04 Å². The van der Waals surface area contributed by atoms with Crippen molar-refractivity contribution in [3.05, 3.63) is 41.7 Å². The zero-order valence-corrected chi connectivity index (χ0v) is 8.39. The molecule has 4 nitrogen and oxygen atoms in total. The van der Waals surface area contributed by atoms with Gasteiger partial charge in [-0.25, -0.2) is 0 Å². The third-order valence-electron chi connectivity index (χ3n) is 2.14. The lowest BCUT2D eigenvalue weighted by molar-refractivity contribution is 0.636. The lowest BCUT2D eigenvalue weighted by Crippen LogP contribution is -2.05. The van der Waals surface area contributed by atoms with Gasteiger partial charge in [0, 0.05) is 12.4 Å². The number of nitrogens with zero attached hydrogens (tertiary/aromatic N) is 4. The van der Waals surface area contributed by atoms with E-state index in [1.807, 2.05) is 19.1 Å². The molecule has 2 aromatic heterocycles. The maximum atomic E-state index is 5.86. The van der Waals surface area contributed by atoms with Crippen LogP contribution >= 0.6 is 11.6 Å². The molecule has 0 amide bonds. The normalized spacial score (nSPS) is 12.7. The van der Waals surface area contributed by atoms with Gasteiger partial charge >= 0.3 is 0 Å². The molecule has 0 saturated carbocycles. The monoisotopic (exact) mass is 208 g/mol. The van der Waals surface area contributed by atoms with E-state index in [4.69, 9.17) is 11.6 Å². The number of pyridine rings is 1. The zero-order chi connectivity index (χ0) is 9.97. The van der Waals surface area contributed by atoms with Gasteiger partial charge < -0.3 is 0 Å². The Morgan fingerprint density at radius 1 is 1.36 bits per heavy atom. The van der Waals surface area contributed by atoms with E-state index in [1.165, 1.54) is 0 Å². The van der Waals surface area contributed by atoms with Crippen LogP contribution in [0.1, 0.15) is 18.5 Å². The summed E-state index contributed by atoms with van der Waals surface area (Å²) < 4.78 is 1.80. The molecule has 0 N–H and O–H groups in total. The van der Waals surface area contributed by atoms with Crippen LogP contribution in [0.15, 0.2) is 30.9 Å². The highest BCUT2D eigenvalue weighted by molar-refractivity contribution is 6.28. The average molecular weight is 209 g/mol. The Balaban J connectivity index is 2.34. The Labute approximate surface area is 86.6 Å². The molecule has 0 saturated heterocycles. The van der Waals surface area contributed by atoms with Crippen molar-refractivity contribution in [2.45, 2.75) is 13.0 Å². The minimum atomic E-state index is 0.125. The second kappa shape index (κ2) is 3.75. The predicted molar refractivity (Wildman–Crippen MR) is 53.1 cm³/mol. The molecule has 72 valence electrons.